The zero-order chi connectivity index (χ0) is 22.1. The quantitative estimate of drug-likeness (QED) is 0.606. The molecule has 1 fully saturated rings. The van der Waals surface area contributed by atoms with Crippen LogP contribution in [0.15, 0.2) is 48.5 Å². The number of carbonyl (C=O) groups is 2. The fourth-order valence-corrected chi connectivity index (χ4v) is 3.56. The van der Waals surface area contributed by atoms with Crippen LogP contribution < -0.4 is 15.4 Å². The molecular formula is C24H32N4O3. The second-order valence-electron chi connectivity index (χ2n) is 7.84. The standard InChI is InChI=1S/C24H32N4O3/c1-27-15-17-28(18-16-27)14-6-5-13-25-24(30)21-7-3-4-8-22(21)26-23(29)19-9-11-20(31-2)12-10-19/h3-4,7-12H,5-6,13-18H2,1-2H3,(H,25,30)(H,26,29). The van der Waals surface area contributed by atoms with E-state index in [0.29, 0.717) is 29.1 Å². The van der Waals surface area contributed by atoms with Crippen LogP contribution in [0.3, 0.4) is 0 Å². The van der Waals surface area contributed by atoms with E-state index in [2.05, 4.69) is 27.5 Å². The van der Waals surface area contributed by atoms with E-state index in [1.54, 1.807) is 55.6 Å². The Labute approximate surface area is 184 Å². The summed E-state index contributed by atoms with van der Waals surface area (Å²) in [5.41, 5.74) is 1.46. The minimum Gasteiger partial charge on any atom is -0.497 e. The van der Waals surface area contributed by atoms with Crippen molar-refractivity contribution in [2.24, 2.45) is 0 Å². The Bertz CT molecular complexity index is 861. The molecule has 31 heavy (non-hydrogen) atoms. The molecule has 2 aromatic rings. The molecule has 0 bridgehead atoms. The molecule has 1 aliphatic rings. The number of hydrogen-bond acceptors (Lipinski definition) is 5. The zero-order valence-corrected chi connectivity index (χ0v) is 18.4. The molecule has 2 N–H and O–H groups in total. The van der Waals surface area contributed by atoms with Crippen LogP contribution in [0.1, 0.15) is 33.6 Å². The monoisotopic (exact) mass is 424 g/mol. The number of nitrogens with zero attached hydrogens (tertiary/aromatic N) is 2. The molecule has 0 saturated carbocycles. The molecule has 1 saturated heterocycles. The van der Waals surface area contributed by atoms with Gasteiger partial charge in [0.05, 0.1) is 18.4 Å². The van der Waals surface area contributed by atoms with Gasteiger partial charge >= 0.3 is 0 Å². The summed E-state index contributed by atoms with van der Waals surface area (Å²) in [6.45, 7) is 6.16. The van der Waals surface area contributed by atoms with Crippen molar-refractivity contribution in [1.82, 2.24) is 15.1 Å². The summed E-state index contributed by atoms with van der Waals surface area (Å²) in [5, 5.41) is 5.82. The van der Waals surface area contributed by atoms with Gasteiger partial charge in [-0.2, -0.15) is 0 Å². The molecule has 0 radical (unpaired) electrons. The summed E-state index contributed by atoms with van der Waals surface area (Å²) in [6.07, 6.45) is 1.98. The Balaban J connectivity index is 1.47. The molecule has 7 nitrogen and oxygen atoms in total. The largest absolute Gasteiger partial charge is 0.497 e. The van der Waals surface area contributed by atoms with Gasteiger partial charge in [-0.3, -0.25) is 9.59 Å². The summed E-state index contributed by atoms with van der Waals surface area (Å²) in [6, 6.07) is 13.9. The first-order chi connectivity index (χ1) is 15.1. The summed E-state index contributed by atoms with van der Waals surface area (Å²) in [5.74, 6) is 0.240. The highest BCUT2D eigenvalue weighted by molar-refractivity contribution is 6.09. The molecule has 3 rings (SSSR count). The van der Waals surface area contributed by atoms with E-state index < -0.39 is 0 Å². The molecule has 2 aromatic carbocycles. The molecular weight excluding hydrogens is 392 g/mol. The Morgan fingerprint density at radius 2 is 1.65 bits per heavy atom. The first kappa shape index (κ1) is 22.8. The normalized spacial score (nSPS) is 14.8. The van der Waals surface area contributed by atoms with Crippen molar-refractivity contribution in [3.63, 3.8) is 0 Å². The lowest BCUT2D eigenvalue weighted by Crippen LogP contribution is -2.44. The van der Waals surface area contributed by atoms with Gasteiger partial charge in [0.15, 0.2) is 0 Å². The van der Waals surface area contributed by atoms with E-state index in [0.717, 1.165) is 45.6 Å². The van der Waals surface area contributed by atoms with Crippen molar-refractivity contribution in [3.05, 3.63) is 59.7 Å². The van der Waals surface area contributed by atoms with Crippen LogP contribution in [0.2, 0.25) is 0 Å². The summed E-state index contributed by atoms with van der Waals surface area (Å²) >= 11 is 0. The second kappa shape index (κ2) is 11.5. The van der Waals surface area contributed by atoms with Crippen LogP contribution in [0, 0.1) is 0 Å². The van der Waals surface area contributed by atoms with Gasteiger partial charge in [0.2, 0.25) is 0 Å². The molecule has 1 heterocycles. The average molecular weight is 425 g/mol. The number of carbonyl (C=O) groups excluding carboxylic acids is 2. The first-order valence-corrected chi connectivity index (χ1v) is 10.8. The number of benzene rings is 2. The maximum Gasteiger partial charge on any atom is 0.255 e. The Morgan fingerprint density at radius 3 is 2.35 bits per heavy atom. The lowest BCUT2D eigenvalue weighted by molar-refractivity contribution is 0.0952. The summed E-state index contributed by atoms with van der Waals surface area (Å²) in [4.78, 5) is 30.1. The van der Waals surface area contributed by atoms with Crippen LogP contribution >= 0.6 is 0 Å². The lowest BCUT2D eigenvalue weighted by atomic mass is 10.1. The predicted octanol–water partition coefficient (Wildman–Crippen LogP) is 2.70. The Hall–Kier alpha value is -2.90. The van der Waals surface area contributed by atoms with Crippen molar-refractivity contribution in [2.75, 3.05) is 58.7 Å². The van der Waals surface area contributed by atoms with E-state index in [-0.39, 0.29) is 11.8 Å². The number of methoxy groups -OCH3 is 1. The maximum atomic E-state index is 12.7. The smallest absolute Gasteiger partial charge is 0.255 e. The van der Waals surface area contributed by atoms with Crippen LogP contribution in [0.4, 0.5) is 5.69 Å². The average Bonchev–Trinajstić information content (AvgIpc) is 2.80. The molecule has 0 aliphatic carbocycles. The van der Waals surface area contributed by atoms with Gasteiger partial charge in [-0.15, -0.1) is 0 Å². The zero-order valence-electron chi connectivity index (χ0n) is 18.4. The number of rotatable bonds is 9. The number of unbranched alkanes of at least 4 members (excludes halogenated alkanes) is 1. The summed E-state index contributed by atoms with van der Waals surface area (Å²) in [7, 11) is 3.74. The summed E-state index contributed by atoms with van der Waals surface area (Å²) < 4.78 is 5.12. The van der Waals surface area contributed by atoms with Crippen LogP contribution in [0.25, 0.3) is 0 Å². The highest BCUT2D eigenvalue weighted by Gasteiger charge is 2.15. The predicted molar refractivity (Wildman–Crippen MR) is 123 cm³/mol. The van der Waals surface area contributed by atoms with Gasteiger partial charge in [-0.25, -0.2) is 0 Å². The minimum absolute atomic E-state index is 0.176. The van der Waals surface area contributed by atoms with E-state index >= 15 is 0 Å². The van der Waals surface area contributed by atoms with E-state index in [4.69, 9.17) is 4.74 Å². The molecule has 1 aliphatic heterocycles. The van der Waals surface area contributed by atoms with Crippen LogP contribution in [-0.2, 0) is 0 Å². The number of piperazine rings is 1. The Kier molecular flexibility index (Phi) is 8.44. The number of para-hydroxylation sites is 1. The molecule has 0 spiro atoms. The number of amides is 2. The van der Waals surface area contributed by atoms with E-state index in [1.807, 2.05) is 0 Å². The lowest BCUT2D eigenvalue weighted by Gasteiger charge is -2.32. The van der Waals surface area contributed by atoms with Crippen LogP contribution in [0.5, 0.6) is 5.75 Å². The molecule has 2 amide bonds. The molecule has 166 valence electrons. The number of nitrogens with one attached hydrogen (secondary N) is 2. The molecule has 0 unspecified atom stereocenters. The van der Waals surface area contributed by atoms with Crippen LogP contribution in [-0.4, -0.2) is 75.0 Å². The molecule has 7 heteroatoms. The van der Waals surface area contributed by atoms with Gasteiger partial charge in [0.25, 0.3) is 11.8 Å². The fourth-order valence-electron chi connectivity index (χ4n) is 3.56. The first-order valence-electron chi connectivity index (χ1n) is 10.8. The van der Waals surface area contributed by atoms with Gasteiger partial charge < -0.3 is 25.2 Å². The van der Waals surface area contributed by atoms with E-state index in [9.17, 15) is 9.59 Å². The van der Waals surface area contributed by atoms with Gasteiger partial charge in [0, 0.05) is 38.3 Å². The number of anilines is 1. The third-order valence-electron chi connectivity index (χ3n) is 5.55. The van der Waals surface area contributed by atoms with Gasteiger partial charge in [-0.05, 0) is 62.8 Å². The van der Waals surface area contributed by atoms with Crippen molar-refractivity contribution >= 4 is 17.5 Å². The number of ether oxygens (including phenoxy) is 1. The third kappa shape index (κ3) is 6.80. The Morgan fingerprint density at radius 1 is 0.935 bits per heavy atom. The fraction of sp³-hybridized carbons (Fsp3) is 0.417. The minimum atomic E-state index is -0.268. The van der Waals surface area contributed by atoms with E-state index in [1.165, 1.54) is 0 Å². The second-order valence-corrected chi connectivity index (χ2v) is 7.84. The maximum absolute atomic E-state index is 12.7. The van der Waals surface area contributed by atoms with Crippen molar-refractivity contribution in [2.45, 2.75) is 12.8 Å². The van der Waals surface area contributed by atoms with Crippen molar-refractivity contribution in [3.8, 4) is 5.75 Å². The third-order valence-corrected chi connectivity index (χ3v) is 5.55. The number of likely N-dealkylation sites (N-methyl/N-ethyl adjacent to an activating group) is 1. The molecule has 0 aromatic heterocycles. The van der Waals surface area contributed by atoms with Crippen molar-refractivity contribution < 1.29 is 14.3 Å². The molecule has 0 atom stereocenters. The van der Waals surface area contributed by atoms with Crippen molar-refractivity contribution in [1.29, 1.82) is 0 Å². The highest BCUT2D eigenvalue weighted by Crippen LogP contribution is 2.18. The SMILES string of the molecule is COc1ccc(C(=O)Nc2ccccc2C(=O)NCCCCN2CCN(C)CC2)cc1. The number of hydrogen-bond donors (Lipinski definition) is 2. The van der Waals surface area contributed by atoms with Gasteiger partial charge in [-0.1, -0.05) is 12.1 Å². The van der Waals surface area contributed by atoms with Gasteiger partial charge in [0.1, 0.15) is 5.75 Å². The highest BCUT2D eigenvalue weighted by atomic mass is 16.5. The topological polar surface area (TPSA) is 73.9 Å².